The molecule has 1 aromatic carbocycles. The molecule has 0 spiro atoms. The van der Waals surface area contributed by atoms with Gasteiger partial charge in [0, 0.05) is 19.6 Å². The second kappa shape index (κ2) is 5.87. The maximum Gasteiger partial charge on any atom is 0.323 e. The number of sulfonamides is 1. The highest BCUT2D eigenvalue weighted by Gasteiger charge is 2.38. The molecule has 0 amide bonds. The van der Waals surface area contributed by atoms with Crippen LogP contribution >= 0.6 is 23.2 Å². The van der Waals surface area contributed by atoms with Gasteiger partial charge in [-0.15, -0.1) is 0 Å². The first-order valence-electron chi connectivity index (χ1n) is 5.75. The summed E-state index contributed by atoms with van der Waals surface area (Å²) in [4.78, 5) is 11.0. The van der Waals surface area contributed by atoms with Crippen molar-refractivity contribution in [2.45, 2.75) is 10.9 Å². The smallest absolute Gasteiger partial charge is 0.323 e. The summed E-state index contributed by atoms with van der Waals surface area (Å²) in [7, 11) is -4.01. The fraction of sp³-hybridized carbons (Fsp3) is 0.364. The van der Waals surface area contributed by atoms with Crippen LogP contribution in [0.5, 0.6) is 0 Å². The maximum absolute atomic E-state index is 12.6. The molecule has 6 nitrogen and oxygen atoms in total. The average Bonchev–Trinajstić information content (AvgIpc) is 2.41. The third-order valence-electron chi connectivity index (χ3n) is 2.98. The highest BCUT2D eigenvalue weighted by molar-refractivity contribution is 7.89. The second-order valence-corrected chi connectivity index (χ2v) is 6.87. The fourth-order valence-corrected chi connectivity index (χ4v) is 4.31. The molecule has 0 aliphatic carbocycles. The van der Waals surface area contributed by atoms with Crippen molar-refractivity contribution in [1.29, 1.82) is 0 Å². The summed E-state index contributed by atoms with van der Waals surface area (Å²) in [5.74, 6) is -1.21. The van der Waals surface area contributed by atoms with Crippen molar-refractivity contribution < 1.29 is 18.3 Å². The number of nitrogens with one attached hydrogen (secondary N) is 1. The van der Waals surface area contributed by atoms with Crippen LogP contribution in [0, 0.1) is 0 Å². The Labute approximate surface area is 126 Å². The van der Waals surface area contributed by atoms with Crippen LogP contribution in [0.3, 0.4) is 0 Å². The molecule has 1 saturated heterocycles. The lowest BCUT2D eigenvalue weighted by Gasteiger charge is -2.32. The van der Waals surface area contributed by atoms with Gasteiger partial charge in [0.2, 0.25) is 10.0 Å². The van der Waals surface area contributed by atoms with Gasteiger partial charge < -0.3 is 10.4 Å². The highest BCUT2D eigenvalue weighted by atomic mass is 35.5. The molecule has 9 heteroatoms. The fourth-order valence-electron chi connectivity index (χ4n) is 1.99. The number of halogens is 2. The van der Waals surface area contributed by atoms with Gasteiger partial charge in [0.25, 0.3) is 0 Å². The predicted octanol–water partition coefficient (Wildman–Crippen LogP) is 1.04. The van der Waals surface area contributed by atoms with E-state index in [0.29, 0.717) is 6.54 Å². The molecular formula is C11H12Cl2N2O4S. The van der Waals surface area contributed by atoms with Crippen molar-refractivity contribution >= 4 is 39.2 Å². The molecule has 110 valence electrons. The molecule has 1 unspecified atom stereocenters. The van der Waals surface area contributed by atoms with Gasteiger partial charge in [0.15, 0.2) is 0 Å². The Balaban J connectivity index is 2.48. The van der Waals surface area contributed by atoms with Crippen molar-refractivity contribution in [3.05, 3.63) is 28.2 Å². The van der Waals surface area contributed by atoms with Gasteiger partial charge in [0.1, 0.15) is 10.9 Å². The molecule has 0 bridgehead atoms. The molecule has 1 fully saturated rings. The summed E-state index contributed by atoms with van der Waals surface area (Å²) >= 11 is 11.7. The quantitative estimate of drug-likeness (QED) is 0.859. The number of hydrogen-bond donors (Lipinski definition) is 2. The maximum atomic E-state index is 12.6. The predicted molar refractivity (Wildman–Crippen MR) is 74.6 cm³/mol. The van der Waals surface area contributed by atoms with E-state index in [1.165, 1.54) is 18.2 Å². The number of carboxylic acid groups (broad SMARTS) is 1. The van der Waals surface area contributed by atoms with Crippen LogP contribution in [0.1, 0.15) is 0 Å². The Morgan fingerprint density at radius 3 is 2.75 bits per heavy atom. The number of rotatable bonds is 3. The Hall–Kier alpha value is -0.860. The summed E-state index contributed by atoms with van der Waals surface area (Å²) < 4.78 is 26.1. The number of benzene rings is 1. The number of hydrogen-bond acceptors (Lipinski definition) is 4. The van der Waals surface area contributed by atoms with Crippen LogP contribution in [0.25, 0.3) is 0 Å². The number of carboxylic acids is 1. The second-order valence-electron chi connectivity index (χ2n) is 4.23. The van der Waals surface area contributed by atoms with E-state index in [4.69, 9.17) is 28.3 Å². The SMILES string of the molecule is O=C(O)C1CNCCN1S(=O)(=O)c1cccc(Cl)c1Cl. The van der Waals surface area contributed by atoms with E-state index in [0.717, 1.165) is 4.31 Å². The Morgan fingerprint density at radius 1 is 1.40 bits per heavy atom. The molecule has 1 heterocycles. The van der Waals surface area contributed by atoms with E-state index in [9.17, 15) is 13.2 Å². The monoisotopic (exact) mass is 338 g/mol. The molecule has 2 rings (SSSR count). The standard InChI is InChI=1S/C11H12Cl2N2O4S/c12-7-2-1-3-9(10(7)13)20(18,19)15-5-4-14-6-8(15)11(16)17/h1-3,8,14H,4-6H2,(H,16,17). The molecule has 0 aromatic heterocycles. The third kappa shape index (κ3) is 2.77. The van der Waals surface area contributed by atoms with Crippen molar-refractivity contribution in [2.24, 2.45) is 0 Å². The molecule has 0 saturated carbocycles. The van der Waals surface area contributed by atoms with Crippen molar-refractivity contribution in [2.75, 3.05) is 19.6 Å². The van der Waals surface area contributed by atoms with E-state index in [2.05, 4.69) is 5.32 Å². The molecule has 1 aliphatic heterocycles. The van der Waals surface area contributed by atoms with Gasteiger partial charge in [-0.1, -0.05) is 29.3 Å². The minimum atomic E-state index is -4.01. The van der Waals surface area contributed by atoms with Crippen LogP contribution in [-0.4, -0.2) is 49.5 Å². The minimum absolute atomic E-state index is 0.0484. The molecule has 1 aliphatic rings. The average molecular weight is 339 g/mol. The van der Waals surface area contributed by atoms with Crippen LogP contribution in [-0.2, 0) is 14.8 Å². The van der Waals surface area contributed by atoms with Crippen LogP contribution < -0.4 is 5.32 Å². The molecule has 1 aromatic rings. The van der Waals surface area contributed by atoms with Gasteiger partial charge in [-0.2, -0.15) is 4.31 Å². The summed E-state index contributed by atoms with van der Waals surface area (Å²) in [6, 6.07) is 3.07. The molecule has 20 heavy (non-hydrogen) atoms. The largest absolute Gasteiger partial charge is 0.480 e. The van der Waals surface area contributed by atoms with Crippen LogP contribution in [0.4, 0.5) is 0 Å². The zero-order chi connectivity index (χ0) is 14.9. The first-order valence-corrected chi connectivity index (χ1v) is 7.94. The lowest BCUT2D eigenvalue weighted by molar-refractivity contribution is -0.141. The van der Waals surface area contributed by atoms with Gasteiger partial charge in [0.05, 0.1) is 10.0 Å². The lowest BCUT2D eigenvalue weighted by Crippen LogP contribution is -2.56. The lowest BCUT2D eigenvalue weighted by atomic mass is 10.2. The minimum Gasteiger partial charge on any atom is -0.480 e. The zero-order valence-corrected chi connectivity index (χ0v) is 12.5. The van der Waals surface area contributed by atoms with Crippen molar-refractivity contribution in [3.8, 4) is 0 Å². The van der Waals surface area contributed by atoms with E-state index in [-0.39, 0.29) is 28.0 Å². The summed E-state index contributed by atoms with van der Waals surface area (Å²) in [6.45, 7) is 0.482. The Kier molecular flexibility index (Phi) is 4.55. The molecular weight excluding hydrogens is 327 g/mol. The van der Waals surface area contributed by atoms with E-state index >= 15 is 0 Å². The number of nitrogens with zero attached hydrogens (tertiary/aromatic N) is 1. The van der Waals surface area contributed by atoms with Crippen LogP contribution in [0.2, 0.25) is 10.0 Å². The first-order chi connectivity index (χ1) is 9.35. The number of carbonyl (C=O) groups is 1. The topological polar surface area (TPSA) is 86.7 Å². The van der Waals surface area contributed by atoms with Gasteiger partial charge in [-0.3, -0.25) is 4.79 Å². The molecule has 1 atom stereocenters. The van der Waals surface area contributed by atoms with E-state index in [1.807, 2.05) is 0 Å². The molecule has 0 radical (unpaired) electrons. The van der Waals surface area contributed by atoms with E-state index in [1.54, 1.807) is 0 Å². The number of piperazine rings is 1. The van der Waals surface area contributed by atoms with Crippen molar-refractivity contribution in [1.82, 2.24) is 9.62 Å². The summed E-state index contributed by atoms with van der Waals surface area (Å²) in [5, 5.41) is 12.0. The van der Waals surface area contributed by atoms with E-state index < -0.39 is 22.0 Å². The Morgan fingerprint density at radius 2 is 2.10 bits per heavy atom. The zero-order valence-electron chi connectivity index (χ0n) is 10.2. The Bertz CT molecular complexity index is 635. The highest BCUT2D eigenvalue weighted by Crippen LogP contribution is 2.31. The van der Waals surface area contributed by atoms with Gasteiger partial charge in [-0.05, 0) is 12.1 Å². The van der Waals surface area contributed by atoms with Crippen LogP contribution in [0.15, 0.2) is 23.1 Å². The van der Waals surface area contributed by atoms with Gasteiger partial charge in [-0.25, -0.2) is 8.42 Å². The summed E-state index contributed by atoms with van der Waals surface area (Å²) in [5.41, 5.74) is 0. The molecule has 2 N–H and O–H groups in total. The first kappa shape index (κ1) is 15.5. The third-order valence-corrected chi connectivity index (χ3v) is 5.86. The van der Waals surface area contributed by atoms with Crippen molar-refractivity contribution in [3.63, 3.8) is 0 Å². The van der Waals surface area contributed by atoms with Gasteiger partial charge >= 0.3 is 5.97 Å². The normalized spacial score (nSPS) is 20.8. The summed E-state index contributed by atoms with van der Waals surface area (Å²) in [6.07, 6.45) is 0. The number of aliphatic carboxylic acids is 1.